The number of aliphatic hydroxyl groups excluding tert-OH is 1. The van der Waals surface area contributed by atoms with Gasteiger partial charge in [0.05, 0.1) is 24.8 Å². The maximum absolute atomic E-state index is 8.91. The summed E-state index contributed by atoms with van der Waals surface area (Å²) >= 11 is 0. The van der Waals surface area contributed by atoms with E-state index in [1.165, 1.54) is 19.3 Å². The fourth-order valence-electron chi connectivity index (χ4n) is 1.45. The minimum atomic E-state index is 0.108. The Kier molecular flexibility index (Phi) is 1.66. The number of nitrogens with zero attached hydrogens (tertiary/aromatic N) is 2. The molecule has 0 amide bonds. The van der Waals surface area contributed by atoms with Crippen LogP contribution in [0.2, 0.25) is 0 Å². The standard InChI is InChI=1S/C8H12N2O/c11-5-8-4-9-6-10(8)7-2-1-3-7/h4,6-7,11H,1-3,5H2. The zero-order valence-corrected chi connectivity index (χ0v) is 6.40. The van der Waals surface area contributed by atoms with Gasteiger partial charge in [-0.25, -0.2) is 4.98 Å². The quantitative estimate of drug-likeness (QED) is 0.689. The third kappa shape index (κ3) is 1.05. The first kappa shape index (κ1) is 6.85. The van der Waals surface area contributed by atoms with Crippen molar-refractivity contribution >= 4 is 0 Å². The van der Waals surface area contributed by atoms with E-state index in [9.17, 15) is 0 Å². The van der Waals surface area contributed by atoms with Crippen molar-refractivity contribution in [2.45, 2.75) is 31.9 Å². The van der Waals surface area contributed by atoms with Gasteiger partial charge in [0, 0.05) is 6.04 Å². The van der Waals surface area contributed by atoms with E-state index in [4.69, 9.17) is 5.11 Å². The summed E-state index contributed by atoms with van der Waals surface area (Å²) in [6.45, 7) is 0.108. The molecule has 1 aliphatic rings. The van der Waals surface area contributed by atoms with Gasteiger partial charge in [-0.2, -0.15) is 0 Å². The lowest BCUT2D eigenvalue weighted by Crippen LogP contribution is -2.18. The molecular weight excluding hydrogens is 140 g/mol. The van der Waals surface area contributed by atoms with Crippen molar-refractivity contribution in [2.75, 3.05) is 0 Å². The van der Waals surface area contributed by atoms with Crippen LogP contribution in [0.15, 0.2) is 12.5 Å². The molecule has 3 heteroatoms. The van der Waals surface area contributed by atoms with E-state index in [-0.39, 0.29) is 6.61 Å². The Balaban J connectivity index is 2.20. The third-order valence-corrected chi connectivity index (χ3v) is 2.38. The number of hydrogen-bond acceptors (Lipinski definition) is 2. The zero-order chi connectivity index (χ0) is 7.68. The van der Waals surface area contributed by atoms with Crippen LogP contribution in [0.4, 0.5) is 0 Å². The van der Waals surface area contributed by atoms with Crippen LogP contribution in [0.3, 0.4) is 0 Å². The molecule has 0 atom stereocenters. The molecule has 60 valence electrons. The number of rotatable bonds is 2. The fourth-order valence-corrected chi connectivity index (χ4v) is 1.45. The van der Waals surface area contributed by atoms with Gasteiger partial charge in [-0.15, -0.1) is 0 Å². The van der Waals surface area contributed by atoms with E-state index in [0.29, 0.717) is 6.04 Å². The summed E-state index contributed by atoms with van der Waals surface area (Å²) < 4.78 is 2.09. The molecule has 3 nitrogen and oxygen atoms in total. The van der Waals surface area contributed by atoms with Crippen molar-refractivity contribution < 1.29 is 5.11 Å². The molecule has 1 saturated carbocycles. The predicted octanol–water partition coefficient (Wildman–Crippen LogP) is 1.10. The second kappa shape index (κ2) is 2.66. The van der Waals surface area contributed by atoms with Gasteiger partial charge >= 0.3 is 0 Å². The van der Waals surface area contributed by atoms with Crippen molar-refractivity contribution in [3.05, 3.63) is 18.2 Å². The topological polar surface area (TPSA) is 38.1 Å². The maximum Gasteiger partial charge on any atom is 0.0951 e. The second-order valence-electron chi connectivity index (χ2n) is 3.04. The summed E-state index contributed by atoms with van der Waals surface area (Å²) in [6, 6.07) is 0.611. The van der Waals surface area contributed by atoms with Crippen molar-refractivity contribution in [1.82, 2.24) is 9.55 Å². The normalized spacial score (nSPS) is 18.3. The Morgan fingerprint density at radius 1 is 1.64 bits per heavy atom. The fraction of sp³-hybridized carbons (Fsp3) is 0.625. The Labute approximate surface area is 65.7 Å². The van der Waals surface area contributed by atoms with Gasteiger partial charge in [0.25, 0.3) is 0 Å². The second-order valence-corrected chi connectivity index (χ2v) is 3.04. The summed E-state index contributed by atoms with van der Waals surface area (Å²) in [5, 5.41) is 8.91. The van der Waals surface area contributed by atoms with Crippen LogP contribution >= 0.6 is 0 Å². The number of aromatic nitrogens is 2. The Morgan fingerprint density at radius 2 is 2.45 bits per heavy atom. The molecule has 0 radical (unpaired) electrons. The highest BCUT2D eigenvalue weighted by atomic mass is 16.3. The lowest BCUT2D eigenvalue weighted by atomic mass is 9.93. The monoisotopic (exact) mass is 152 g/mol. The minimum absolute atomic E-state index is 0.108. The van der Waals surface area contributed by atoms with Crippen LogP contribution in [-0.4, -0.2) is 14.7 Å². The van der Waals surface area contributed by atoms with Crippen LogP contribution in [-0.2, 0) is 6.61 Å². The number of hydrogen-bond donors (Lipinski definition) is 1. The van der Waals surface area contributed by atoms with Crippen molar-refractivity contribution in [3.63, 3.8) is 0 Å². The van der Waals surface area contributed by atoms with Crippen LogP contribution in [0.1, 0.15) is 31.0 Å². The van der Waals surface area contributed by atoms with E-state index >= 15 is 0 Å². The van der Waals surface area contributed by atoms with Gasteiger partial charge < -0.3 is 9.67 Å². The minimum Gasteiger partial charge on any atom is -0.390 e. The summed E-state index contributed by atoms with van der Waals surface area (Å²) in [7, 11) is 0. The molecule has 1 aliphatic carbocycles. The van der Waals surface area contributed by atoms with Gasteiger partial charge in [-0.3, -0.25) is 0 Å². The molecule has 1 fully saturated rings. The summed E-state index contributed by atoms with van der Waals surface area (Å²) in [5.41, 5.74) is 0.940. The first-order valence-electron chi connectivity index (χ1n) is 4.03. The molecule has 1 aromatic heterocycles. The summed E-state index contributed by atoms with van der Waals surface area (Å²) in [5.74, 6) is 0. The van der Waals surface area contributed by atoms with Crippen molar-refractivity contribution in [3.8, 4) is 0 Å². The average Bonchev–Trinajstić information content (AvgIpc) is 2.32. The van der Waals surface area contributed by atoms with Gasteiger partial charge in [0.15, 0.2) is 0 Å². The molecule has 0 saturated heterocycles. The first-order chi connectivity index (χ1) is 5.42. The van der Waals surface area contributed by atoms with E-state index in [0.717, 1.165) is 5.69 Å². The Hall–Kier alpha value is -0.830. The van der Waals surface area contributed by atoms with Crippen LogP contribution in [0.25, 0.3) is 0 Å². The van der Waals surface area contributed by atoms with Gasteiger partial charge in [0.1, 0.15) is 0 Å². The smallest absolute Gasteiger partial charge is 0.0951 e. The molecule has 1 heterocycles. The summed E-state index contributed by atoms with van der Waals surface area (Å²) in [6.07, 6.45) is 7.34. The molecule has 1 N–H and O–H groups in total. The highest BCUT2D eigenvalue weighted by Crippen LogP contribution is 2.32. The predicted molar refractivity (Wildman–Crippen MR) is 41.0 cm³/mol. The van der Waals surface area contributed by atoms with E-state index in [2.05, 4.69) is 9.55 Å². The van der Waals surface area contributed by atoms with Crippen molar-refractivity contribution in [1.29, 1.82) is 0 Å². The van der Waals surface area contributed by atoms with Crippen molar-refractivity contribution in [2.24, 2.45) is 0 Å². The largest absolute Gasteiger partial charge is 0.390 e. The molecule has 0 aromatic carbocycles. The molecule has 0 unspecified atom stereocenters. The molecular formula is C8H12N2O. The highest BCUT2D eigenvalue weighted by molar-refractivity contribution is 5.00. The molecule has 1 aromatic rings. The molecule has 0 spiro atoms. The summed E-state index contributed by atoms with van der Waals surface area (Å²) in [4.78, 5) is 4.00. The van der Waals surface area contributed by atoms with Gasteiger partial charge in [-0.1, -0.05) is 0 Å². The van der Waals surface area contributed by atoms with Crippen LogP contribution in [0.5, 0.6) is 0 Å². The lowest BCUT2D eigenvalue weighted by molar-refractivity contribution is 0.246. The maximum atomic E-state index is 8.91. The van der Waals surface area contributed by atoms with E-state index in [1.807, 2.05) is 6.33 Å². The molecule has 2 rings (SSSR count). The number of imidazole rings is 1. The third-order valence-electron chi connectivity index (χ3n) is 2.38. The molecule has 0 bridgehead atoms. The van der Waals surface area contributed by atoms with E-state index < -0.39 is 0 Å². The van der Waals surface area contributed by atoms with Crippen LogP contribution < -0.4 is 0 Å². The highest BCUT2D eigenvalue weighted by Gasteiger charge is 2.20. The SMILES string of the molecule is OCc1cncn1C1CCC1. The number of aliphatic hydroxyl groups is 1. The van der Waals surface area contributed by atoms with Gasteiger partial charge in [0.2, 0.25) is 0 Å². The van der Waals surface area contributed by atoms with E-state index in [1.54, 1.807) is 6.20 Å². The lowest BCUT2D eigenvalue weighted by Gasteiger charge is -2.27. The molecule has 11 heavy (non-hydrogen) atoms. The Bertz CT molecular complexity index is 240. The molecule has 0 aliphatic heterocycles. The Morgan fingerprint density at radius 3 is 3.00 bits per heavy atom. The van der Waals surface area contributed by atoms with Gasteiger partial charge in [-0.05, 0) is 19.3 Å². The van der Waals surface area contributed by atoms with Crippen LogP contribution in [0, 0.1) is 0 Å². The average molecular weight is 152 g/mol. The zero-order valence-electron chi connectivity index (χ0n) is 6.40. The first-order valence-corrected chi connectivity index (χ1v) is 4.03.